The van der Waals surface area contributed by atoms with Crippen LogP contribution in [0.3, 0.4) is 0 Å². The molecule has 0 aromatic heterocycles. The summed E-state index contributed by atoms with van der Waals surface area (Å²) < 4.78 is 5.85. The van der Waals surface area contributed by atoms with Gasteiger partial charge in [0.2, 0.25) is 11.8 Å². The van der Waals surface area contributed by atoms with E-state index in [-0.39, 0.29) is 30.9 Å². The summed E-state index contributed by atoms with van der Waals surface area (Å²) in [7, 11) is 0. The van der Waals surface area contributed by atoms with E-state index in [1.807, 2.05) is 6.08 Å². The van der Waals surface area contributed by atoms with Crippen LogP contribution in [0.1, 0.15) is 168 Å². The molecule has 9 nitrogen and oxygen atoms in total. The molecule has 0 spiro atoms. The van der Waals surface area contributed by atoms with Gasteiger partial charge in [0.15, 0.2) is 0 Å². The fraction of sp³-hybridized carbons (Fsp3) is 0.789. The van der Waals surface area contributed by atoms with Gasteiger partial charge in [0.25, 0.3) is 0 Å². The van der Waals surface area contributed by atoms with E-state index in [4.69, 9.17) is 14.9 Å². The third-order valence-electron chi connectivity index (χ3n) is 8.19. The fourth-order valence-electron chi connectivity index (χ4n) is 5.24. The van der Waals surface area contributed by atoms with Crippen molar-refractivity contribution in [2.24, 2.45) is 0 Å². The number of carbonyl (C=O) groups is 4. The Morgan fingerprint density at radius 3 is 1.79 bits per heavy atom. The average molecular weight is 665 g/mol. The molecule has 47 heavy (non-hydrogen) atoms. The van der Waals surface area contributed by atoms with E-state index in [9.17, 15) is 19.2 Å². The Morgan fingerprint density at radius 2 is 1.21 bits per heavy atom. The molecule has 4 N–H and O–H groups in total. The third kappa shape index (κ3) is 30.4. The van der Waals surface area contributed by atoms with Crippen LogP contribution in [-0.4, -0.2) is 59.3 Å². The van der Waals surface area contributed by atoms with Crippen LogP contribution in [0.5, 0.6) is 0 Å². The number of esters is 1. The summed E-state index contributed by atoms with van der Waals surface area (Å²) in [5.74, 6) is -2.42. The minimum Gasteiger partial charge on any atom is -0.480 e. The first-order valence-electron chi connectivity index (χ1n) is 18.7. The van der Waals surface area contributed by atoms with Crippen molar-refractivity contribution >= 4 is 23.8 Å². The van der Waals surface area contributed by atoms with Crippen molar-refractivity contribution in [3.05, 3.63) is 24.3 Å². The highest BCUT2D eigenvalue weighted by atomic mass is 16.5. The Morgan fingerprint density at radius 1 is 0.660 bits per heavy atom. The molecule has 0 bridgehead atoms. The molecule has 0 fully saturated rings. The van der Waals surface area contributed by atoms with E-state index in [1.54, 1.807) is 0 Å². The van der Waals surface area contributed by atoms with Crippen molar-refractivity contribution in [2.75, 3.05) is 13.2 Å². The van der Waals surface area contributed by atoms with Crippen molar-refractivity contribution < 1.29 is 34.1 Å². The van der Waals surface area contributed by atoms with Gasteiger partial charge in [-0.3, -0.25) is 14.4 Å². The van der Waals surface area contributed by atoms with E-state index in [2.05, 4.69) is 42.7 Å². The maximum absolute atomic E-state index is 12.6. The number of carboxylic acids is 1. The van der Waals surface area contributed by atoms with Crippen LogP contribution in [0.15, 0.2) is 24.3 Å². The molecular weight excluding hydrogens is 596 g/mol. The number of aliphatic hydroxyl groups is 1. The molecule has 0 aromatic carbocycles. The number of hydrogen-bond acceptors (Lipinski definition) is 6. The fourth-order valence-corrected chi connectivity index (χ4v) is 5.24. The van der Waals surface area contributed by atoms with Crippen molar-refractivity contribution in [1.82, 2.24) is 10.6 Å². The molecule has 2 unspecified atom stereocenters. The van der Waals surface area contributed by atoms with Gasteiger partial charge in [0.1, 0.15) is 12.1 Å². The van der Waals surface area contributed by atoms with Crippen LogP contribution < -0.4 is 10.6 Å². The summed E-state index contributed by atoms with van der Waals surface area (Å²) in [5.41, 5.74) is 0. The molecule has 2 amide bonds. The van der Waals surface area contributed by atoms with Gasteiger partial charge in [-0.15, -0.1) is 0 Å². The normalized spacial score (nSPS) is 12.7. The van der Waals surface area contributed by atoms with Crippen LogP contribution in [0, 0.1) is 0 Å². The highest BCUT2D eigenvalue weighted by molar-refractivity contribution is 5.87. The second kappa shape index (κ2) is 33.2. The van der Waals surface area contributed by atoms with Gasteiger partial charge in [-0.1, -0.05) is 135 Å². The highest BCUT2D eigenvalue weighted by Crippen LogP contribution is 2.15. The lowest BCUT2D eigenvalue weighted by molar-refractivity contribution is -0.147. The molecule has 0 saturated heterocycles. The summed E-state index contributed by atoms with van der Waals surface area (Å²) in [4.78, 5) is 47.3. The second-order valence-electron chi connectivity index (χ2n) is 12.7. The van der Waals surface area contributed by atoms with Crippen LogP contribution in [0.25, 0.3) is 0 Å². The predicted molar refractivity (Wildman–Crippen MR) is 190 cm³/mol. The molecule has 9 heteroatoms. The Labute approximate surface area is 285 Å². The second-order valence-corrected chi connectivity index (χ2v) is 12.7. The number of ether oxygens (including phenoxy) is 1. The zero-order chi connectivity index (χ0) is 34.8. The van der Waals surface area contributed by atoms with Gasteiger partial charge >= 0.3 is 11.9 Å². The Balaban J connectivity index is 4.28. The number of carbonyl (C=O) groups excluding carboxylic acids is 3. The molecule has 272 valence electrons. The molecule has 0 rings (SSSR count). The molecule has 0 radical (unpaired) electrons. The number of amides is 2. The summed E-state index contributed by atoms with van der Waals surface area (Å²) in [6, 6.07) is -1.39. The summed E-state index contributed by atoms with van der Waals surface area (Å²) in [5, 5.41) is 22.5. The van der Waals surface area contributed by atoms with Crippen LogP contribution in [-0.2, 0) is 23.9 Å². The first kappa shape index (κ1) is 44.3. The molecular formula is C38H68N2O7. The molecule has 0 aliphatic carbocycles. The van der Waals surface area contributed by atoms with Crippen LogP contribution in [0.2, 0.25) is 0 Å². The zero-order valence-corrected chi connectivity index (χ0v) is 29.8. The quantitative estimate of drug-likeness (QED) is 0.0316. The Bertz CT molecular complexity index is 859. The lowest BCUT2D eigenvalue weighted by Crippen LogP contribution is -2.47. The van der Waals surface area contributed by atoms with Gasteiger partial charge in [0, 0.05) is 12.8 Å². The Kier molecular flexibility index (Phi) is 31.3. The average Bonchev–Trinajstić information content (AvgIpc) is 3.05. The zero-order valence-electron chi connectivity index (χ0n) is 29.8. The largest absolute Gasteiger partial charge is 0.480 e. The van der Waals surface area contributed by atoms with Crippen LogP contribution in [0.4, 0.5) is 0 Å². The first-order chi connectivity index (χ1) is 22.8. The van der Waals surface area contributed by atoms with E-state index in [0.717, 1.165) is 51.4 Å². The molecule has 2 atom stereocenters. The lowest BCUT2D eigenvalue weighted by Gasteiger charge is -2.15. The Hall–Kier alpha value is -2.68. The number of unbranched alkanes of at least 4 members (excludes halogenated alkanes) is 17. The van der Waals surface area contributed by atoms with Gasteiger partial charge in [-0.25, -0.2) is 4.79 Å². The van der Waals surface area contributed by atoms with Crippen LogP contribution >= 0.6 is 0 Å². The topological polar surface area (TPSA) is 142 Å². The smallest absolute Gasteiger partial charge is 0.328 e. The molecule has 0 aromatic rings. The first-order valence-corrected chi connectivity index (χ1v) is 18.7. The van der Waals surface area contributed by atoms with Crippen molar-refractivity contribution in [1.29, 1.82) is 0 Å². The van der Waals surface area contributed by atoms with Gasteiger partial charge in [-0.2, -0.15) is 0 Å². The van der Waals surface area contributed by atoms with Crippen molar-refractivity contribution in [3.63, 3.8) is 0 Å². The number of carboxylic acid groups (broad SMARTS) is 1. The minimum atomic E-state index is -1.39. The van der Waals surface area contributed by atoms with E-state index in [1.165, 1.54) is 83.5 Å². The molecule has 0 aliphatic heterocycles. The van der Waals surface area contributed by atoms with Gasteiger partial charge < -0.3 is 25.6 Å². The predicted octanol–water partition coefficient (Wildman–Crippen LogP) is 8.09. The van der Waals surface area contributed by atoms with E-state index < -0.39 is 24.5 Å². The molecule has 0 aliphatic rings. The summed E-state index contributed by atoms with van der Waals surface area (Å²) >= 11 is 0. The molecule has 0 saturated carbocycles. The summed E-state index contributed by atoms with van der Waals surface area (Å²) in [6.45, 7) is 3.38. The number of aliphatic hydroxyl groups excluding tert-OH is 1. The van der Waals surface area contributed by atoms with E-state index >= 15 is 0 Å². The number of hydrogen-bond donors (Lipinski definition) is 4. The van der Waals surface area contributed by atoms with E-state index in [0.29, 0.717) is 12.8 Å². The monoisotopic (exact) mass is 665 g/mol. The van der Waals surface area contributed by atoms with Crippen molar-refractivity contribution in [2.45, 2.75) is 180 Å². The molecule has 0 heterocycles. The van der Waals surface area contributed by atoms with Crippen molar-refractivity contribution in [3.8, 4) is 0 Å². The number of nitrogens with one attached hydrogen (secondary N) is 2. The maximum atomic E-state index is 12.6. The standard InChI is InChI=1S/C38H68N2O7/c1-3-5-7-9-11-12-13-14-15-16-18-20-26-30-37(44)47-33(27-23-19-17-10-8-6-4-2)28-24-21-22-25-29-35(42)39-31-36(43)40-34(32-41)38(45)46/h10,17,23,27,33-34,41H,3-9,11-16,18-22,24-26,28-32H2,1-2H3,(H,39,42)(H,40,43)(H,45,46)/b17-10-,27-23-. The van der Waals surface area contributed by atoms with Gasteiger partial charge in [-0.05, 0) is 44.6 Å². The lowest BCUT2D eigenvalue weighted by atomic mass is 10.0. The number of rotatable bonds is 33. The number of allylic oxidation sites excluding steroid dienone is 3. The third-order valence-corrected chi connectivity index (χ3v) is 8.19. The highest BCUT2D eigenvalue weighted by Gasteiger charge is 2.18. The minimum absolute atomic E-state index is 0.129. The van der Waals surface area contributed by atoms with Gasteiger partial charge in [0.05, 0.1) is 13.2 Å². The SMILES string of the molecule is CCCC/C=C\C/C=C\C(CCCCCCC(=O)NCC(=O)NC(CO)C(=O)O)OC(=O)CCCCCCCCCCCCCCC. The maximum Gasteiger partial charge on any atom is 0.328 e. The summed E-state index contributed by atoms with van der Waals surface area (Å²) in [6.07, 6.45) is 33.7. The number of aliphatic carboxylic acids is 1.